The molecule has 0 aromatic rings. The van der Waals surface area contributed by atoms with Crippen molar-refractivity contribution in [1.82, 2.24) is 0 Å². The molecule has 0 radical (unpaired) electrons. The van der Waals surface area contributed by atoms with E-state index in [9.17, 15) is 19.2 Å². The average Bonchev–Trinajstić information content (AvgIpc) is 2.55. The highest BCUT2D eigenvalue weighted by atomic mass is 16.6. The van der Waals surface area contributed by atoms with E-state index >= 15 is 0 Å². The van der Waals surface area contributed by atoms with Crippen LogP contribution in [0.1, 0.15) is 12.8 Å². The monoisotopic (exact) mass is 334 g/mol. The van der Waals surface area contributed by atoms with Gasteiger partial charge in [0.1, 0.15) is 0 Å². The van der Waals surface area contributed by atoms with Crippen molar-refractivity contribution in [2.75, 3.05) is 19.8 Å². The maximum Gasteiger partial charge on any atom is 0.352 e. The van der Waals surface area contributed by atoms with Gasteiger partial charge in [-0.05, 0) is 0 Å². The first-order valence-electron chi connectivity index (χ1n) is 6.36. The maximum absolute atomic E-state index is 12.1. The third-order valence-corrected chi connectivity index (χ3v) is 2.43. The van der Waals surface area contributed by atoms with Crippen LogP contribution in [0.2, 0.25) is 0 Å². The van der Waals surface area contributed by atoms with Crippen molar-refractivity contribution in [2.45, 2.75) is 18.4 Å². The normalized spacial score (nSPS) is 9.38. The average molecular weight is 334 g/mol. The second-order valence-electron chi connectivity index (χ2n) is 4.07. The standard InChI is InChI=1S/C16H14O8/c1-4-7-21-13(18)10-16(24-12-17,15(20)23-9-6-3)11-14(19)22-8-5-2/h1-3,12H,7-11H2. The molecule has 0 rings (SSSR count). The van der Waals surface area contributed by atoms with Gasteiger partial charge in [0.05, 0.1) is 12.8 Å². The Morgan fingerprint density at radius 2 is 1.25 bits per heavy atom. The molecule has 0 heterocycles. The molecule has 126 valence electrons. The van der Waals surface area contributed by atoms with E-state index < -0.39 is 43.0 Å². The van der Waals surface area contributed by atoms with Crippen LogP contribution < -0.4 is 0 Å². The Morgan fingerprint density at radius 3 is 1.62 bits per heavy atom. The minimum atomic E-state index is -2.31. The summed E-state index contributed by atoms with van der Waals surface area (Å²) >= 11 is 0. The third kappa shape index (κ3) is 7.02. The predicted octanol–water partition coefficient (Wildman–Crippen LogP) is -0.792. The summed E-state index contributed by atoms with van der Waals surface area (Å²) in [6.45, 7) is -1.35. The molecule has 0 atom stereocenters. The maximum atomic E-state index is 12.1. The zero-order valence-electron chi connectivity index (χ0n) is 12.6. The molecule has 0 aromatic carbocycles. The van der Waals surface area contributed by atoms with E-state index in [4.69, 9.17) is 19.3 Å². The Labute approximate surface area is 138 Å². The minimum Gasteiger partial charge on any atom is -0.452 e. The highest BCUT2D eigenvalue weighted by Gasteiger charge is 2.47. The Hall–Kier alpha value is -3.44. The first-order chi connectivity index (χ1) is 11.5. The van der Waals surface area contributed by atoms with Crippen LogP contribution in [0.4, 0.5) is 0 Å². The molecule has 0 bridgehead atoms. The zero-order valence-corrected chi connectivity index (χ0v) is 12.6. The van der Waals surface area contributed by atoms with Crippen molar-refractivity contribution < 1.29 is 38.1 Å². The van der Waals surface area contributed by atoms with Gasteiger partial charge in [-0.3, -0.25) is 14.4 Å². The molecule has 0 N–H and O–H groups in total. The summed E-state index contributed by atoms with van der Waals surface area (Å²) in [6.07, 6.45) is 13.2. The van der Waals surface area contributed by atoms with E-state index in [0.717, 1.165) is 0 Å². The summed E-state index contributed by atoms with van der Waals surface area (Å²) in [6, 6.07) is 0. The Balaban J connectivity index is 5.41. The number of ether oxygens (including phenoxy) is 4. The molecule has 0 saturated heterocycles. The fourth-order valence-corrected chi connectivity index (χ4v) is 1.48. The highest BCUT2D eigenvalue weighted by Crippen LogP contribution is 2.24. The number of rotatable bonds is 10. The number of hydrogen-bond acceptors (Lipinski definition) is 8. The van der Waals surface area contributed by atoms with Crippen LogP contribution in [0.5, 0.6) is 0 Å². The van der Waals surface area contributed by atoms with Gasteiger partial charge in [-0.15, -0.1) is 19.3 Å². The van der Waals surface area contributed by atoms with Gasteiger partial charge >= 0.3 is 17.9 Å². The molecule has 0 aliphatic carbocycles. The lowest BCUT2D eigenvalue weighted by Gasteiger charge is -2.27. The summed E-state index contributed by atoms with van der Waals surface area (Å²) in [5, 5.41) is 0. The van der Waals surface area contributed by atoms with Crippen LogP contribution in [0.15, 0.2) is 0 Å². The summed E-state index contributed by atoms with van der Waals surface area (Å²) in [7, 11) is 0. The first kappa shape index (κ1) is 20.6. The Bertz CT molecular complexity index is 567. The first-order valence-corrected chi connectivity index (χ1v) is 6.36. The summed E-state index contributed by atoms with van der Waals surface area (Å²) in [5.41, 5.74) is -2.31. The van der Waals surface area contributed by atoms with Crippen LogP contribution in [-0.4, -0.2) is 49.8 Å². The van der Waals surface area contributed by atoms with Crippen molar-refractivity contribution in [3.63, 3.8) is 0 Å². The zero-order chi connectivity index (χ0) is 18.4. The van der Waals surface area contributed by atoms with Crippen LogP contribution in [0, 0.1) is 37.0 Å². The van der Waals surface area contributed by atoms with Crippen molar-refractivity contribution >= 4 is 24.4 Å². The molecule has 0 saturated carbocycles. The minimum absolute atomic E-state index is 0.125. The number of terminal acetylenes is 3. The van der Waals surface area contributed by atoms with Gasteiger partial charge in [-0.1, -0.05) is 17.8 Å². The molecular formula is C16H14O8. The van der Waals surface area contributed by atoms with Gasteiger partial charge in [0.15, 0.2) is 19.8 Å². The third-order valence-electron chi connectivity index (χ3n) is 2.43. The Kier molecular flexibility index (Phi) is 9.57. The summed E-state index contributed by atoms with van der Waals surface area (Å²) < 4.78 is 18.5. The van der Waals surface area contributed by atoms with Crippen LogP contribution in [0.25, 0.3) is 0 Å². The van der Waals surface area contributed by atoms with Crippen LogP contribution in [0.3, 0.4) is 0 Å². The molecule has 0 aliphatic rings. The second kappa shape index (κ2) is 11.2. The lowest BCUT2D eigenvalue weighted by atomic mass is 9.95. The predicted molar refractivity (Wildman–Crippen MR) is 78.5 cm³/mol. The largest absolute Gasteiger partial charge is 0.452 e. The number of hydrogen-bond donors (Lipinski definition) is 0. The van der Waals surface area contributed by atoms with E-state index in [1.165, 1.54) is 0 Å². The molecular weight excluding hydrogens is 320 g/mol. The molecule has 0 aromatic heterocycles. The fraction of sp³-hybridized carbons (Fsp3) is 0.375. The van der Waals surface area contributed by atoms with Gasteiger partial charge in [0, 0.05) is 0 Å². The number of carbonyl (C=O) groups excluding carboxylic acids is 4. The molecule has 0 unspecified atom stereocenters. The van der Waals surface area contributed by atoms with Gasteiger partial charge in [-0.2, -0.15) is 0 Å². The van der Waals surface area contributed by atoms with E-state index in [1.54, 1.807) is 0 Å². The SMILES string of the molecule is C#CCOC(=O)CC(CC(=O)OCC#C)(OC=O)C(=O)OCC#C. The van der Waals surface area contributed by atoms with Crippen LogP contribution >= 0.6 is 0 Å². The van der Waals surface area contributed by atoms with Crippen LogP contribution in [-0.2, 0) is 38.1 Å². The van der Waals surface area contributed by atoms with Crippen molar-refractivity contribution in [3.05, 3.63) is 0 Å². The fourth-order valence-electron chi connectivity index (χ4n) is 1.48. The summed E-state index contributed by atoms with van der Waals surface area (Å²) in [5.74, 6) is 2.87. The molecule has 24 heavy (non-hydrogen) atoms. The molecule has 0 aliphatic heterocycles. The van der Waals surface area contributed by atoms with E-state index in [0.29, 0.717) is 0 Å². The molecule has 0 fully saturated rings. The molecule has 0 amide bonds. The number of carbonyl (C=O) groups is 4. The highest BCUT2D eigenvalue weighted by molar-refractivity contribution is 5.91. The second-order valence-corrected chi connectivity index (χ2v) is 4.07. The van der Waals surface area contributed by atoms with Gasteiger partial charge in [0.25, 0.3) is 6.47 Å². The Morgan fingerprint density at radius 1 is 0.833 bits per heavy atom. The van der Waals surface area contributed by atoms with Crippen molar-refractivity contribution in [3.8, 4) is 37.0 Å². The molecule has 8 heteroatoms. The molecule has 0 spiro atoms. The van der Waals surface area contributed by atoms with Crippen molar-refractivity contribution in [2.24, 2.45) is 0 Å². The van der Waals surface area contributed by atoms with Gasteiger partial charge < -0.3 is 18.9 Å². The molecule has 8 nitrogen and oxygen atoms in total. The van der Waals surface area contributed by atoms with E-state index in [1.807, 2.05) is 17.8 Å². The summed E-state index contributed by atoms with van der Waals surface area (Å²) in [4.78, 5) is 46.3. The lowest BCUT2D eigenvalue weighted by molar-refractivity contribution is -0.184. The lowest BCUT2D eigenvalue weighted by Crippen LogP contribution is -2.47. The quantitative estimate of drug-likeness (QED) is 0.221. The smallest absolute Gasteiger partial charge is 0.352 e. The topological polar surface area (TPSA) is 105 Å². The van der Waals surface area contributed by atoms with E-state index in [2.05, 4.69) is 18.9 Å². The van der Waals surface area contributed by atoms with Gasteiger partial charge in [-0.25, -0.2) is 4.79 Å². The van der Waals surface area contributed by atoms with E-state index in [-0.39, 0.29) is 19.7 Å². The number of esters is 3. The van der Waals surface area contributed by atoms with Crippen molar-refractivity contribution in [1.29, 1.82) is 0 Å². The van der Waals surface area contributed by atoms with Gasteiger partial charge in [0.2, 0.25) is 5.60 Å².